The van der Waals surface area contributed by atoms with Gasteiger partial charge in [-0.15, -0.1) is 0 Å². The molecule has 0 bridgehead atoms. The zero-order valence-electron chi connectivity index (χ0n) is 12.9. The van der Waals surface area contributed by atoms with E-state index in [1.54, 1.807) is 0 Å². The minimum atomic E-state index is -0.315. The van der Waals surface area contributed by atoms with E-state index in [4.69, 9.17) is 0 Å². The molecule has 0 amide bonds. The molecule has 0 radical (unpaired) electrons. The molecule has 0 unspecified atom stereocenters. The number of benzene rings is 1. The third-order valence-corrected chi connectivity index (χ3v) is 5.08. The summed E-state index contributed by atoms with van der Waals surface area (Å²) in [5.41, 5.74) is 3.61. The highest BCUT2D eigenvalue weighted by molar-refractivity contribution is 6.06. The summed E-state index contributed by atoms with van der Waals surface area (Å²) in [6.45, 7) is 0. The Morgan fingerprint density at radius 3 is 1.87 bits per heavy atom. The van der Waals surface area contributed by atoms with Crippen LogP contribution in [0.4, 0.5) is 0 Å². The third-order valence-electron chi connectivity index (χ3n) is 5.08. The fraction of sp³-hybridized carbons (Fsp3) is 0.368. The normalized spacial score (nSPS) is 22.4. The highest BCUT2D eigenvalue weighted by atomic mass is 16.5. The van der Waals surface area contributed by atoms with Gasteiger partial charge in [0.1, 0.15) is 0 Å². The van der Waals surface area contributed by atoms with Gasteiger partial charge in [-0.2, -0.15) is 0 Å². The molecule has 23 heavy (non-hydrogen) atoms. The van der Waals surface area contributed by atoms with E-state index in [-0.39, 0.29) is 17.5 Å². The Bertz CT molecular complexity index is 701. The van der Waals surface area contributed by atoms with E-state index >= 15 is 0 Å². The fourth-order valence-corrected chi connectivity index (χ4v) is 4.07. The number of ketones is 2. The van der Waals surface area contributed by atoms with Crippen LogP contribution < -0.4 is 0 Å². The highest BCUT2D eigenvalue weighted by Crippen LogP contribution is 2.48. The largest absolute Gasteiger partial charge is 0.294 e. The molecule has 0 spiro atoms. The lowest BCUT2D eigenvalue weighted by atomic mass is 9.71. The molecular weight excluding hydrogens is 290 g/mol. The maximum atomic E-state index is 12.6. The number of allylic oxidation sites excluding steroid dienone is 4. The first kappa shape index (κ1) is 14.4. The predicted octanol–water partition coefficient (Wildman–Crippen LogP) is 3.49. The molecule has 0 atom stereocenters. The maximum absolute atomic E-state index is 12.6. The molecule has 0 saturated heterocycles. The van der Waals surface area contributed by atoms with E-state index in [2.05, 4.69) is 0 Å². The van der Waals surface area contributed by atoms with Crippen molar-refractivity contribution in [3.8, 4) is 0 Å². The molecule has 1 aliphatic heterocycles. The SMILES string of the molecule is O=C1CCCC2=C1C(c1ccccc1)C1=C(CCCC1=O)N2O. The van der Waals surface area contributed by atoms with Gasteiger partial charge in [0.15, 0.2) is 11.6 Å². The van der Waals surface area contributed by atoms with Crippen LogP contribution in [0.25, 0.3) is 0 Å². The van der Waals surface area contributed by atoms with E-state index in [0.29, 0.717) is 48.2 Å². The van der Waals surface area contributed by atoms with Gasteiger partial charge in [-0.3, -0.25) is 14.8 Å². The van der Waals surface area contributed by atoms with E-state index in [9.17, 15) is 14.8 Å². The Morgan fingerprint density at radius 2 is 1.35 bits per heavy atom. The van der Waals surface area contributed by atoms with Crippen LogP contribution in [0.5, 0.6) is 0 Å². The summed E-state index contributed by atoms with van der Waals surface area (Å²) in [7, 11) is 0. The minimum Gasteiger partial charge on any atom is -0.294 e. The minimum absolute atomic E-state index is 0.0593. The lowest BCUT2D eigenvalue weighted by Crippen LogP contribution is -2.37. The first-order chi connectivity index (χ1) is 11.2. The average Bonchev–Trinajstić information content (AvgIpc) is 2.57. The van der Waals surface area contributed by atoms with Crippen LogP contribution >= 0.6 is 0 Å². The van der Waals surface area contributed by atoms with Crippen LogP contribution in [-0.2, 0) is 9.59 Å². The van der Waals surface area contributed by atoms with Gasteiger partial charge in [0, 0.05) is 29.9 Å². The van der Waals surface area contributed by atoms with Gasteiger partial charge in [0.25, 0.3) is 0 Å². The van der Waals surface area contributed by atoms with Crippen molar-refractivity contribution < 1.29 is 14.8 Å². The molecule has 3 aliphatic rings. The summed E-state index contributed by atoms with van der Waals surface area (Å²) in [5, 5.41) is 11.8. The van der Waals surface area contributed by atoms with E-state index in [1.165, 1.54) is 0 Å². The Labute approximate surface area is 135 Å². The summed E-state index contributed by atoms with van der Waals surface area (Å²) in [5.74, 6) is -0.196. The molecule has 1 aromatic rings. The molecular formula is C19H19NO3. The Morgan fingerprint density at radius 1 is 0.826 bits per heavy atom. The lowest BCUT2D eigenvalue weighted by molar-refractivity contribution is -0.119. The molecule has 0 aromatic heterocycles. The Kier molecular flexibility index (Phi) is 3.42. The van der Waals surface area contributed by atoms with E-state index in [0.717, 1.165) is 23.5 Å². The summed E-state index contributed by atoms with van der Waals surface area (Å²) in [6.07, 6.45) is 3.87. The first-order valence-corrected chi connectivity index (χ1v) is 8.25. The van der Waals surface area contributed by atoms with Gasteiger partial charge in [-0.05, 0) is 31.2 Å². The van der Waals surface area contributed by atoms with Crippen molar-refractivity contribution in [2.24, 2.45) is 0 Å². The molecule has 4 nitrogen and oxygen atoms in total. The van der Waals surface area contributed by atoms with Crippen molar-refractivity contribution in [1.82, 2.24) is 5.06 Å². The van der Waals surface area contributed by atoms with Crippen LogP contribution in [0.1, 0.15) is 50.0 Å². The van der Waals surface area contributed by atoms with Crippen LogP contribution in [-0.4, -0.2) is 21.8 Å². The van der Waals surface area contributed by atoms with Crippen LogP contribution in [0.2, 0.25) is 0 Å². The van der Waals surface area contributed by atoms with Gasteiger partial charge in [0.05, 0.1) is 11.4 Å². The number of rotatable bonds is 1. The molecule has 0 saturated carbocycles. The number of hydrogen-bond acceptors (Lipinski definition) is 4. The second-order valence-electron chi connectivity index (χ2n) is 6.43. The number of nitrogens with zero attached hydrogens (tertiary/aromatic N) is 1. The Hall–Kier alpha value is -2.20. The lowest BCUT2D eigenvalue weighted by Gasteiger charge is -2.40. The van der Waals surface area contributed by atoms with Gasteiger partial charge in [0.2, 0.25) is 0 Å². The molecule has 0 fully saturated rings. The monoisotopic (exact) mass is 309 g/mol. The maximum Gasteiger partial charge on any atom is 0.161 e. The molecule has 4 rings (SSSR count). The smallest absolute Gasteiger partial charge is 0.161 e. The molecule has 118 valence electrons. The fourth-order valence-electron chi connectivity index (χ4n) is 4.07. The summed E-state index contributed by atoms with van der Waals surface area (Å²) in [4.78, 5) is 25.2. The van der Waals surface area contributed by atoms with E-state index in [1.807, 2.05) is 30.3 Å². The summed E-state index contributed by atoms with van der Waals surface area (Å²) >= 11 is 0. The topological polar surface area (TPSA) is 57.6 Å². The van der Waals surface area contributed by atoms with Crippen molar-refractivity contribution in [2.45, 2.75) is 44.4 Å². The average molecular weight is 309 g/mol. The predicted molar refractivity (Wildman–Crippen MR) is 84.6 cm³/mol. The van der Waals surface area contributed by atoms with Gasteiger partial charge in [-0.25, -0.2) is 5.06 Å². The van der Waals surface area contributed by atoms with Crippen molar-refractivity contribution >= 4 is 11.6 Å². The number of carbonyl (C=O) groups is 2. The van der Waals surface area contributed by atoms with Crippen LogP contribution in [0.15, 0.2) is 52.9 Å². The van der Waals surface area contributed by atoms with Gasteiger partial charge < -0.3 is 0 Å². The van der Waals surface area contributed by atoms with Crippen molar-refractivity contribution in [1.29, 1.82) is 0 Å². The van der Waals surface area contributed by atoms with Crippen molar-refractivity contribution in [2.75, 3.05) is 0 Å². The van der Waals surface area contributed by atoms with Crippen LogP contribution in [0, 0.1) is 0 Å². The zero-order chi connectivity index (χ0) is 16.0. The molecule has 1 N–H and O–H groups in total. The highest BCUT2D eigenvalue weighted by Gasteiger charge is 2.42. The number of carbonyl (C=O) groups excluding carboxylic acids is 2. The number of hydrogen-bond donors (Lipinski definition) is 1. The van der Waals surface area contributed by atoms with Crippen molar-refractivity contribution in [3.05, 3.63) is 58.4 Å². The second kappa shape index (κ2) is 5.46. The molecule has 2 aliphatic carbocycles. The molecule has 4 heteroatoms. The second-order valence-corrected chi connectivity index (χ2v) is 6.43. The third kappa shape index (κ3) is 2.17. The Balaban J connectivity index is 1.96. The molecule has 1 aromatic carbocycles. The standard InChI is InChI=1S/C19H19NO3/c21-15-10-4-8-13-18(15)17(12-6-2-1-3-7-12)19-14(20(13)23)9-5-11-16(19)22/h1-3,6-7,17,23H,4-5,8-11H2. The summed E-state index contributed by atoms with van der Waals surface area (Å²) in [6, 6.07) is 9.73. The van der Waals surface area contributed by atoms with Gasteiger partial charge >= 0.3 is 0 Å². The van der Waals surface area contributed by atoms with Crippen molar-refractivity contribution in [3.63, 3.8) is 0 Å². The van der Waals surface area contributed by atoms with Crippen LogP contribution in [0.3, 0.4) is 0 Å². The first-order valence-electron chi connectivity index (χ1n) is 8.25. The van der Waals surface area contributed by atoms with Gasteiger partial charge in [-0.1, -0.05) is 30.3 Å². The molecule has 1 heterocycles. The number of Topliss-reactive ketones (excluding diaryl/α,β-unsaturated/α-hetero) is 2. The summed E-state index contributed by atoms with van der Waals surface area (Å²) < 4.78 is 0. The zero-order valence-corrected chi connectivity index (χ0v) is 12.9. The quantitative estimate of drug-likeness (QED) is 0.862. The van der Waals surface area contributed by atoms with E-state index < -0.39 is 0 Å². The number of hydroxylamine groups is 2.